The van der Waals surface area contributed by atoms with Crippen LogP contribution in [-0.4, -0.2) is 60.9 Å². The maximum Gasteiger partial charge on any atom is 0.343 e. The number of pyridine rings is 2. The van der Waals surface area contributed by atoms with Crippen molar-refractivity contribution in [1.82, 2.24) is 9.13 Å². The lowest BCUT2D eigenvalue weighted by molar-refractivity contribution is 0.0514. The molecule has 2 aromatic heterocycles. The molecule has 0 aliphatic rings. The Morgan fingerprint density at radius 3 is 1.47 bits per heavy atom. The third-order valence-corrected chi connectivity index (χ3v) is 16.2. The molecule has 1 N–H and O–H groups in total. The summed E-state index contributed by atoms with van der Waals surface area (Å²) in [7, 11) is -2.03. The van der Waals surface area contributed by atoms with Gasteiger partial charge >= 0.3 is 11.9 Å². The summed E-state index contributed by atoms with van der Waals surface area (Å²) in [5.74, 6) is -2.13. The molecule has 55 heavy (non-hydrogen) atoms. The molecule has 302 valence electrons. The van der Waals surface area contributed by atoms with Crippen molar-refractivity contribution in [1.29, 1.82) is 0 Å². The van der Waals surface area contributed by atoms with E-state index in [1.54, 1.807) is 41.0 Å². The zero-order valence-corrected chi connectivity index (χ0v) is 38.6. The summed E-state index contributed by atoms with van der Waals surface area (Å²) in [4.78, 5) is 50.3. The minimum absolute atomic E-state index is 0.0121. The van der Waals surface area contributed by atoms with Gasteiger partial charge in [-0.1, -0.05) is 48.5 Å². The molecule has 0 aliphatic carbocycles. The molecule has 0 radical (unpaired) electrons. The Balaban J connectivity index is 0.000000305. The normalized spacial score (nSPS) is 13.2. The SMILES string of the molecule is CCOC(=O)c1cn([C@H](CO)C(C)C)c2cc(F)c(I)cc2c1=O.CCOC(=O)c1cn([C@H](CO[Si](C)(C)C(C)(C)C)C(C)C)c2cc(F)c(I)cc2c1=O. The van der Waals surface area contributed by atoms with Crippen LogP contribution in [0.2, 0.25) is 18.1 Å². The van der Waals surface area contributed by atoms with Crippen molar-refractivity contribution in [3.05, 3.63) is 87.0 Å². The molecule has 0 saturated heterocycles. The molecule has 0 fully saturated rings. The van der Waals surface area contributed by atoms with Gasteiger partial charge in [0, 0.05) is 30.3 Å². The Labute approximate surface area is 349 Å². The lowest BCUT2D eigenvalue weighted by Crippen LogP contribution is -2.42. The Morgan fingerprint density at radius 2 is 1.15 bits per heavy atom. The van der Waals surface area contributed by atoms with E-state index in [2.05, 4.69) is 47.7 Å². The van der Waals surface area contributed by atoms with Crippen LogP contribution >= 0.6 is 45.2 Å². The smallest absolute Gasteiger partial charge is 0.343 e. The van der Waals surface area contributed by atoms with Crippen LogP contribution in [0.5, 0.6) is 0 Å². The molecule has 2 aromatic carbocycles. The highest BCUT2D eigenvalue weighted by molar-refractivity contribution is 14.1. The van der Waals surface area contributed by atoms with Gasteiger partial charge in [0.2, 0.25) is 10.9 Å². The minimum Gasteiger partial charge on any atom is -0.462 e. The van der Waals surface area contributed by atoms with Gasteiger partial charge in [-0.05, 0) is 113 Å². The zero-order valence-electron chi connectivity index (χ0n) is 33.3. The number of carbonyl (C=O) groups excluding carboxylic acids is 2. The molecule has 0 bridgehead atoms. The third kappa shape index (κ3) is 10.6. The second-order valence-electron chi connectivity index (χ2n) is 15.4. The highest BCUT2D eigenvalue weighted by Gasteiger charge is 2.38. The number of carbonyl (C=O) groups is 2. The van der Waals surface area contributed by atoms with Crippen LogP contribution in [0.3, 0.4) is 0 Å². The van der Waals surface area contributed by atoms with E-state index in [1.807, 2.05) is 41.0 Å². The number of hydrogen-bond acceptors (Lipinski definition) is 8. The topological polar surface area (TPSA) is 126 Å². The van der Waals surface area contributed by atoms with Crippen molar-refractivity contribution in [2.24, 2.45) is 11.8 Å². The number of rotatable bonds is 12. The maximum atomic E-state index is 14.5. The molecule has 4 rings (SSSR count). The molecule has 0 spiro atoms. The summed E-state index contributed by atoms with van der Waals surface area (Å²) in [6.07, 6.45) is 2.87. The summed E-state index contributed by atoms with van der Waals surface area (Å²) in [5, 5.41) is 10.3. The summed E-state index contributed by atoms with van der Waals surface area (Å²) in [5.41, 5.74) is -0.318. The Hall–Kier alpha value is -2.74. The van der Waals surface area contributed by atoms with Gasteiger partial charge in [0.1, 0.15) is 22.8 Å². The van der Waals surface area contributed by atoms with Crippen molar-refractivity contribution >= 4 is 87.2 Å². The number of aliphatic hydroxyl groups excluding tert-OH is 1. The van der Waals surface area contributed by atoms with Gasteiger partial charge in [-0.25, -0.2) is 18.4 Å². The average molecular weight is 1010 g/mol. The maximum absolute atomic E-state index is 14.5. The lowest BCUT2D eigenvalue weighted by Gasteiger charge is -2.38. The van der Waals surface area contributed by atoms with Gasteiger partial charge in [-0.15, -0.1) is 0 Å². The van der Waals surface area contributed by atoms with E-state index in [9.17, 15) is 33.1 Å². The molecular formula is C40H52F2I2N2O8Si. The summed E-state index contributed by atoms with van der Waals surface area (Å²) < 4.78 is 49.1. The van der Waals surface area contributed by atoms with E-state index in [0.29, 0.717) is 26.6 Å². The van der Waals surface area contributed by atoms with Crippen molar-refractivity contribution in [3.8, 4) is 0 Å². The van der Waals surface area contributed by atoms with Crippen molar-refractivity contribution in [2.45, 2.75) is 92.5 Å². The number of fused-ring (bicyclic) bond motifs is 2. The van der Waals surface area contributed by atoms with Crippen LogP contribution in [0.15, 0.2) is 46.2 Å². The number of benzene rings is 2. The van der Waals surface area contributed by atoms with Crippen molar-refractivity contribution in [2.75, 3.05) is 26.4 Å². The first-order valence-electron chi connectivity index (χ1n) is 18.2. The van der Waals surface area contributed by atoms with Crippen molar-refractivity contribution in [3.63, 3.8) is 0 Å². The molecule has 4 aromatic rings. The molecule has 0 amide bonds. The zero-order chi connectivity index (χ0) is 41.7. The second kappa shape index (κ2) is 19.1. The predicted octanol–water partition coefficient (Wildman–Crippen LogP) is 9.25. The molecular weight excluding hydrogens is 956 g/mol. The number of aromatic nitrogens is 2. The van der Waals surface area contributed by atoms with Crippen LogP contribution in [-0.2, 0) is 13.9 Å². The first kappa shape index (κ1) is 46.6. The molecule has 15 heteroatoms. The molecule has 0 saturated carbocycles. The fraction of sp³-hybridized carbons (Fsp3) is 0.500. The highest BCUT2D eigenvalue weighted by Crippen LogP contribution is 2.38. The fourth-order valence-electron chi connectivity index (χ4n) is 5.67. The van der Waals surface area contributed by atoms with E-state index in [-0.39, 0.29) is 62.8 Å². The first-order chi connectivity index (χ1) is 25.5. The number of nitrogens with zero attached hydrogens (tertiary/aromatic N) is 2. The molecule has 2 heterocycles. The predicted molar refractivity (Wildman–Crippen MR) is 232 cm³/mol. The Kier molecular flexibility index (Phi) is 16.2. The van der Waals surface area contributed by atoms with E-state index in [0.717, 1.165) is 0 Å². The van der Waals surface area contributed by atoms with Crippen LogP contribution in [0, 0.1) is 30.6 Å². The molecule has 2 atom stereocenters. The fourth-order valence-corrected chi connectivity index (χ4v) is 7.62. The van der Waals surface area contributed by atoms with Gasteiger partial charge < -0.3 is 28.1 Å². The Bertz CT molecular complexity index is 2160. The average Bonchev–Trinajstić information content (AvgIpc) is 3.08. The summed E-state index contributed by atoms with van der Waals surface area (Å²) >= 11 is 3.65. The van der Waals surface area contributed by atoms with Crippen LogP contribution in [0.4, 0.5) is 8.78 Å². The standard InChI is InChI=1S/C23H33FINO4Si.C17H19FINO4/c1-9-29-22(28)16-12-26(19-11-17(24)18(25)10-15(19)21(16)27)20(14(2)3)13-30-31(7,8)23(4,5)6;1-4-24-17(23)11-7-20(15(8-21)9(2)3)14-6-12(18)13(19)5-10(14)16(11)22/h10-12,14,20H,9,13H2,1-8H3;5-7,9,15,21H,4,8H2,1-3H3/t20-;15-/m11/s1. The second-order valence-corrected chi connectivity index (χ2v) is 22.6. The first-order valence-corrected chi connectivity index (χ1v) is 23.3. The third-order valence-electron chi connectivity index (χ3n) is 10.0. The van der Waals surface area contributed by atoms with Gasteiger partial charge in [-0.3, -0.25) is 9.59 Å². The number of aliphatic hydroxyl groups is 1. The minimum atomic E-state index is -2.03. The van der Waals surface area contributed by atoms with Crippen LogP contribution in [0.25, 0.3) is 21.8 Å². The summed E-state index contributed by atoms with van der Waals surface area (Å²) in [6.45, 7) is 22.7. The van der Waals surface area contributed by atoms with E-state index < -0.39 is 48.8 Å². The van der Waals surface area contributed by atoms with Crippen LogP contribution < -0.4 is 10.9 Å². The monoisotopic (exact) mass is 1010 g/mol. The summed E-state index contributed by atoms with van der Waals surface area (Å²) in [6, 6.07) is 4.96. The number of esters is 2. The number of hydrogen-bond donors (Lipinski definition) is 1. The van der Waals surface area contributed by atoms with E-state index >= 15 is 0 Å². The van der Waals surface area contributed by atoms with Gasteiger partial charge in [-0.2, -0.15) is 0 Å². The molecule has 0 aliphatic heterocycles. The van der Waals surface area contributed by atoms with E-state index in [1.165, 1.54) is 36.7 Å². The highest BCUT2D eigenvalue weighted by atomic mass is 127. The number of halogens is 4. The molecule has 0 unspecified atom stereocenters. The molecule has 10 nitrogen and oxygen atoms in total. The van der Waals surface area contributed by atoms with Crippen molar-refractivity contribution < 1.29 is 37.4 Å². The van der Waals surface area contributed by atoms with Crippen LogP contribution in [0.1, 0.15) is 95.1 Å². The van der Waals surface area contributed by atoms with E-state index in [4.69, 9.17) is 13.9 Å². The van der Waals surface area contributed by atoms with Gasteiger partial charge in [0.25, 0.3) is 0 Å². The number of ether oxygens (including phenoxy) is 2. The van der Waals surface area contributed by atoms with Gasteiger partial charge in [0.15, 0.2) is 8.32 Å². The Morgan fingerprint density at radius 1 is 0.764 bits per heavy atom. The van der Waals surface area contributed by atoms with Gasteiger partial charge in [0.05, 0.1) is 49.5 Å². The largest absolute Gasteiger partial charge is 0.462 e. The quantitative estimate of drug-likeness (QED) is 0.0847. The lowest BCUT2D eigenvalue weighted by atomic mass is 10.0.